The molecule has 1 atom stereocenters. The minimum absolute atomic E-state index is 0.0675. The Labute approximate surface area is 202 Å². The van der Waals surface area contributed by atoms with E-state index in [1.807, 2.05) is 6.07 Å². The van der Waals surface area contributed by atoms with E-state index in [1.54, 1.807) is 24.0 Å². The summed E-state index contributed by atoms with van der Waals surface area (Å²) in [6.45, 7) is 9.07. The molecule has 0 bridgehead atoms. The van der Waals surface area contributed by atoms with Crippen LogP contribution in [0.2, 0.25) is 10.0 Å². The van der Waals surface area contributed by atoms with Crippen molar-refractivity contribution in [2.24, 2.45) is 0 Å². The lowest BCUT2D eigenvalue weighted by molar-refractivity contribution is -0.140. The highest BCUT2D eigenvalue weighted by Crippen LogP contribution is 2.24. The third-order valence-corrected chi connectivity index (χ3v) is 6.35. The van der Waals surface area contributed by atoms with E-state index in [0.717, 1.165) is 24.0 Å². The predicted octanol–water partition coefficient (Wildman–Crippen LogP) is 6.38. The number of hydrogen-bond donors (Lipinski definition) is 1. The van der Waals surface area contributed by atoms with E-state index in [0.29, 0.717) is 41.9 Å². The molecule has 174 valence electrons. The zero-order chi connectivity index (χ0) is 23.7. The number of halogens is 2. The average Bonchev–Trinajstić information content (AvgIpc) is 2.78. The molecule has 0 aromatic heterocycles. The van der Waals surface area contributed by atoms with Gasteiger partial charge in [0, 0.05) is 19.5 Å². The lowest BCUT2D eigenvalue weighted by atomic mass is 10.00. The van der Waals surface area contributed by atoms with Crippen LogP contribution in [-0.4, -0.2) is 29.3 Å². The number of amides is 2. The highest BCUT2D eigenvalue weighted by atomic mass is 35.5. The zero-order valence-corrected chi connectivity index (χ0v) is 21.0. The number of rotatable bonds is 11. The largest absolute Gasteiger partial charge is 0.354 e. The van der Waals surface area contributed by atoms with Gasteiger partial charge in [-0.05, 0) is 54.5 Å². The first-order chi connectivity index (χ1) is 15.2. The van der Waals surface area contributed by atoms with Crippen LogP contribution >= 0.6 is 23.2 Å². The molecule has 0 aliphatic heterocycles. The molecule has 2 aromatic rings. The zero-order valence-electron chi connectivity index (χ0n) is 19.5. The molecule has 0 saturated carbocycles. The molecule has 1 N–H and O–H groups in total. The van der Waals surface area contributed by atoms with Crippen LogP contribution in [0.3, 0.4) is 0 Å². The van der Waals surface area contributed by atoms with Gasteiger partial charge in [0.25, 0.3) is 0 Å². The van der Waals surface area contributed by atoms with Gasteiger partial charge in [-0.3, -0.25) is 9.59 Å². The van der Waals surface area contributed by atoms with Crippen molar-refractivity contribution in [1.29, 1.82) is 0 Å². The molecular weight excluding hydrogens is 443 g/mol. The van der Waals surface area contributed by atoms with Crippen molar-refractivity contribution in [2.75, 3.05) is 6.54 Å². The van der Waals surface area contributed by atoms with Gasteiger partial charge < -0.3 is 10.2 Å². The molecule has 0 saturated heterocycles. The van der Waals surface area contributed by atoms with Gasteiger partial charge in [0.1, 0.15) is 6.04 Å². The maximum absolute atomic E-state index is 13.2. The smallest absolute Gasteiger partial charge is 0.242 e. The second-order valence-electron chi connectivity index (χ2n) is 8.49. The van der Waals surface area contributed by atoms with Crippen molar-refractivity contribution in [2.45, 2.75) is 71.9 Å². The Bertz CT molecular complexity index is 897. The van der Waals surface area contributed by atoms with Gasteiger partial charge in [-0.2, -0.15) is 0 Å². The number of benzene rings is 2. The summed E-state index contributed by atoms with van der Waals surface area (Å²) in [5, 5.41) is 3.83. The highest BCUT2D eigenvalue weighted by molar-refractivity contribution is 6.42. The number of carbonyl (C=O) groups is 2. The number of hydrogen-bond acceptors (Lipinski definition) is 2. The molecule has 2 rings (SSSR count). The van der Waals surface area contributed by atoms with E-state index in [4.69, 9.17) is 23.2 Å². The van der Waals surface area contributed by atoms with Crippen molar-refractivity contribution in [1.82, 2.24) is 10.2 Å². The van der Waals surface area contributed by atoms with Gasteiger partial charge in [0.15, 0.2) is 0 Å². The fourth-order valence-corrected chi connectivity index (χ4v) is 3.74. The molecule has 32 heavy (non-hydrogen) atoms. The summed E-state index contributed by atoms with van der Waals surface area (Å²) >= 11 is 12.2. The molecule has 2 aromatic carbocycles. The van der Waals surface area contributed by atoms with Crippen LogP contribution in [0.25, 0.3) is 0 Å². The normalized spacial score (nSPS) is 12.0. The number of nitrogens with one attached hydrogen (secondary N) is 1. The Hall–Kier alpha value is -2.04. The molecule has 2 amide bonds. The Balaban J connectivity index is 2.13. The van der Waals surface area contributed by atoms with Gasteiger partial charge in [0.05, 0.1) is 10.0 Å². The quantitative estimate of drug-likeness (QED) is 0.382. The third kappa shape index (κ3) is 7.83. The van der Waals surface area contributed by atoms with Crippen LogP contribution in [0.5, 0.6) is 0 Å². The van der Waals surface area contributed by atoms with Crippen molar-refractivity contribution >= 4 is 35.0 Å². The van der Waals surface area contributed by atoms with Gasteiger partial charge in [-0.1, -0.05) is 80.7 Å². The molecule has 0 heterocycles. The first kappa shape index (κ1) is 26.2. The van der Waals surface area contributed by atoms with Crippen molar-refractivity contribution in [3.05, 3.63) is 69.2 Å². The Morgan fingerprint density at radius 3 is 2.22 bits per heavy atom. The van der Waals surface area contributed by atoms with E-state index in [-0.39, 0.29) is 11.8 Å². The van der Waals surface area contributed by atoms with Crippen LogP contribution in [0.4, 0.5) is 0 Å². The summed E-state index contributed by atoms with van der Waals surface area (Å²) < 4.78 is 0. The number of unbranched alkanes of at least 4 members (excludes halogenated alkanes) is 1. The lowest BCUT2D eigenvalue weighted by Crippen LogP contribution is -2.47. The summed E-state index contributed by atoms with van der Waals surface area (Å²) in [4.78, 5) is 27.5. The third-order valence-electron chi connectivity index (χ3n) is 5.61. The van der Waals surface area contributed by atoms with Gasteiger partial charge in [-0.25, -0.2) is 0 Å². The van der Waals surface area contributed by atoms with Crippen molar-refractivity contribution in [3.8, 4) is 0 Å². The molecule has 6 heteroatoms. The van der Waals surface area contributed by atoms with Gasteiger partial charge in [-0.15, -0.1) is 0 Å². The van der Waals surface area contributed by atoms with E-state index in [1.165, 1.54) is 5.56 Å². The summed E-state index contributed by atoms with van der Waals surface area (Å²) in [6, 6.07) is 13.1. The standard InChI is InChI=1S/C26H34Cl2N2O2/c1-5-6-15-29-26(32)19(4)30(17-21-9-13-23(27)24(28)16-21)25(31)14-10-20-7-11-22(12-8-20)18(2)3/h7-9,11-13,16,18-19H,5-6,10,14-15,17H2,1-4H3,(H,29,32)/t19-/m0/s1. The summed E-state index contributed by atoms with van der Waals surface area (Å²) in [5.41, 5.74) is 3.22. The molecule has 0 radical (unpaired) electrons. The molecule has 0 unspecified atom stereocenters. The SMILES string of the molecule is CCCCNC(=O)[C@H](C)N(Cc1ccc(Cl)c(Cl)c1)C(=O)CCc1ccc(C(C)C)cc1. The monoisotopic (exact) mass is 476 g/mol. The lowest BCUT2D eigenvalue weighted by Gasteiger charge is -2.29. The highest BCUT2D eigenvalue weighted by Gasteiger charge is 2.26. The summed E-state index contributed by atoms with van der Waals surface area (Å²) in [6.07, 6.45) is 2.86. The van der Waals surface area contributed by atoms with Crippen LogP contribution in [0.1, 0.15) is 69.6 Å². The van der Waals surface area contributed by atoms with Gasteiger partial charge in [0.2, 0.25) is 11.8 Å². The number of aryl methyl sites for hydroxylation is 1. The van der Waals surface area contributed by atoms with Crippen LogP contribution in [0, 0.1) is 0 Å². The predicted molar refractivity (Wildman–Crippen MR) is 133 cm³/mol. The molecule has 0 spiro atoms. The minimum Gasteiger partial charge on any atom is -0.354 e. The molecule has 4 nitrogen and oxygen atoms in total. The maximum atomic E-state index is 13.2. The van der Waals surface area contributed by atoms with E-state index in [9.17, 15) is 9.59 Å². The van der Waals surface area contributed by atoms with E-state index in [2.05, 4.69) is 50.4 Å². The Morgan fingerprint density at radius 1 is 0.969 bits per heavy atom. The topological polar surface area (TPSA) is 49.4 Å². The molecular formula is C26H34Cl2N2O2. The minimum atomic E-state index is -0.586. The Morgan fingerprint density at radius 2 is 1.62 bits per heavy atom. The average molecular weight is 477 g/mol. The van der Waals surface area contributed by atoms with Crippen LogP contribution in [0.15, 0.2) is 42.5 Å². The van der Waals surface area contributed by atoms with E-state index < -0.39 is 6.04 Å². The van der Waals surface area contributed by atoms with Gasteiger partial charge >= 0.3 is 0 Å². The van der Waals surface area contributed by atoms with Crippen molar-refractivity contribution in [3.63, 3.8) is 0 Å². The van der Waals surface area contributed by atoms with Crippen LogP contribution < -0.4 is 5.32 Å². The fraction of sp³-hybridized carbons (Fsp3) is 0.462. The number of carbonyl (C=O) groups excluding carboxylic acids is 2. The first-order valence-electron chi connectivity index (χ1n) is 11.3. The number of nitrogens with zero attached hydrogens (tertiary/aromatic N) is 1. The first-order valence-corrected chi connectivity index (χ1v) is 12.1. The molecule has 0 aliphatic carbocycles. The fourth-order valence-electron chi connectivity index (χ4n) is 3.42. The summed E-state index contributed by atoms with van der Waals surface area (Å²) in [7, 11) is 0. The molecule has 0 aliphatic rings. The van der Waals surface area contributed by atoms with E-state index >= 15 is 0 Å². The Kier molecular flexibility index (Phi) is 10.5. The maximum Gasteiger partial charge on any atom is 0.242 e. The van der Waals surface area contributed by atoms with Crippen molar-refractivity contribution < 1.29 is 9.59 Å². The molecule has 0 fully saturated rings. The summed E-state index contributed by atoms with van der Waals surface area (Å²) in [5.74, 6) is 0.259. The van der Waals surface area contributed by atoms with Crippen LogP contribution in [-0.2, 0) is 22.6 Å². The second kappa shape index (κ2) is 12.9. The second-order valence-corrected chi connectivity index (χ2v) is 9.30.